The van der Waals surface area contributed by atoms with Crippen LogP contribution in [0.15, 0.2) is 0 Å². The van der Waals surface area contributed by atoms with Gasteiger partial charge >= 0.3 is 0 Å². The molecule has 3 nitrogen and oxygen atoms in total. The fourth-order valence-electron chi connectivity index (χ4n) is 2.01. The van der Waals surface area contributed by atoms with Crippen LogP contribution in [0.4, 0.5) is 0 Å². The molecule has 0 aromatic rings. The highest BCUT2D eigenvalue weighted by atomic mass is 16.3. The zero-order chi connectivity index (χ0) is 9.03. The molecule has 0 saturated heterocycles. The minimum absolute atomic E-state index is 0.273. The van der Waals surface area contributed by atoms with E-state index in [0.29, 0.717) is 6.54 Å². The van der Waals surface area contributed by atoms with Crippen molar-refractivity contribution in [2.24, 2.45) is 17.4 Å². The van der Waals surface area contributed by atoms with Gasteiger partial charge in [0, 0.05) is 5.92 Å². The lowest BCUT2D eigenvalue weighted by atomic mass is 9.79. The van der Waals surface area contributed by atoms with Crippen LogP contribution in [0.25, 0.3) is 0 Å². The lowest BCUT2D eigenvalue weighted by Gasteiger charge is -2.36. The largest absolute Gasteiger partial charge is 0.376 e. The molecule has 0 aromatic heterocycles. The third-order valence-electron chi connectivity index (χ3n) is 2.84. The van der Waals surface area contributed by atoms with Crippen LogP contribution in [-0.4, -0.2) is 17.4 Å². The number of hydrogen-bond acceptors (Lipinski definition) is 3. The van der Waals surface area contributed by atoms with Crippen molar-refractivity contribution < 1.29 is 5.11 Å². The topological polar surface area (TPSA) is 72.3 Å². The van der Waals surface area contributed by atoms with E-state index in [4.69, 9.17) is 11.5 Å². The van der Waals surface area contributed by atoms with Gasteiger partial charge in [-0.3, -0.25) is 0 Å². The van der Waals surface area contributed by atoms with Gasteiger partial charge in [-0.2, -0.15) is 0 Å². The Kier molecular flexibility index (Phi) is 3.50. The average molecular weight is 172 g/mol. The van der Waals surface area contributed by atoms with Crippen LogP contribution >= 0.6 is 0 Å². The normalized spacial score (nSPS) is 36.8. The van der Waals surface area contributed by atoms with E-state index >= 15 is 0 Å². The average Bonchev–Trinajstić information content (AvgIpc) is 2.02. The summed E-state index contributed by atoms with van der Waals surface area (Å²) in [6.07, 6.45) is 6.03. The molecule has 1 rings (SSSR count). The first-order chi connectivity index (χ1) is 5.67. The molecular weight excluding hydrogens is 152 g/mol. The van der Waals surface area contributed by atoms with E-state index in [-0.39, 0.29) is 5.92 Å². The van der Waals surface area contributed by atoms with Gasteiger partial charge in [-0.05, 0) is 38.6 Å². The summed E-state index contributed by atoms with van der Waals surface area (Å²) in [6, 6.07) is 0. The van der Waals surface area contributed by atoms with Crippen LogP contribution in [0, 0.1) is 5.92 Å². The lowest BCUT2D eigenvalue weighted by molar-refractivity contribution is -0.0463. The van der Waals surface area contributed by atoms with E-state index in [1.807, 2.05) is 0 Å². The summed E-state index contributed by atoms with van der Waals surface area (Å²) in [7, 11) is 0. The van der Waals surface area contributed by atoms with Crippen LogP contribution in [0.2, 0.25) is 0 Å². The van der Waals surface area contributed by atoms with E-state index in [0.717, 1.165) is 32.1 Å². The molecule has 0 radical (unpaired) electrons. The van der Waals surface area contributed by atoms with E-state index in [1.165, 1.54) is 6.42 Å². The van der Waals surface area contributed by atoms with Crippen molar-refractivity contribution in [1.82, 2.24) is 0 Å². The summed E-state index contributed by atoms with van der Waals surface area (Å²) in [5.41, 5.74) is 10.3. The van der Waals surface area contributed by atoms with Gasteiger partial charge in [0.25, 0.3) is 0 Å². The van der Waals surface area contributed by atoms with Crippen molar-refractivity contribution in [2.75, 3.05) is 6.54 Å². The summed E-state index contributed by atoms with van der Waals surface area (Å²) in [4.78, 5) is 0. The summed E-state index contributed by atoms with van der Waals surface area (Å²) in [5, 5.41) is 9.80. The van der Waals surface area contributed by atoms with Gasteiger partial charge in [0.1, 0.15) is 5.72 Å². The van der Waals surface area contributed by atoms with E-state index in [1.54, 1.807) is 0 Å². The first-order valence-corrected chi connectivity index (χ1v) is 4.88. The first-order valence-electron chi connectivity index (χ1n) is 4.88. The highest BCUT2D eigenvalue weighted by molar-refractivity contribution is 4.84. The Morgan fingerprint density at radius 3 is 2.75 bits per heavy atom. The zero-order valence-electron chi connectivity index (χ0n) is 7.63. The molecule has 0 aromatic carbocycles. The molecule has 0 aliphatic heterocycles. The number of nitrogens with two attached hydrogens (primary N) is 2. The van der Waals surface area contributed by atoms with Gasteiger partial charge in [0.15, 0.2) is 0 Å². The molecule has 2 atom stereocenters. The standard InChI is InChI=1S/C9H20N2O/c10-7-3-5-8-4-1-2-6-9(8,11)12/h8,12H,1-7,10-11H2. The fourth-order valence-corrected chi connectivity index (χ4v) is 2.01. The van der Waals surface area contributed by atoms with Gasteiger partial charge in [0.2, 0.25) is 0 Å². The molecule has 0 bridgehead atoms. The summed E-state index contributed by atoms with van der Waals surface area (Å²) in [6.45, 7) is 0.701. The van der Waals surface area contributed by atoms with Crippen LogP contribution < -0.4 is 11.5 Å². The van der Waals surface area contributed by atoms with Crippen molar-refractivity contribution in [3.8, 4) is 0 Å². The molecule has 72 valence electrons. The molecule has 0 heterocycles. The molecule has 1 fully saturated rings. The fraction of sp³-hybridized carbons (Fsp3) is 1.00. The molecule has 1 saturated carbocycles. The van der Waals surface area contributed by atoms with Crippen LogP contribution in [-0.2, 0) is 0 Å². The number of hydrogen-bond donors (Lipinski definition) is 3. The summed E-state index contributed by atoms with van der Waals surface area (Å²) in [5.74, 6) is 0.273. The monoisotopic (exact) mass is 172 g/mol. The van der Waals surface area contributed by atoms with Gasteiger partial charge in [-0.1, -0.05) is 6.42 Å². The lowest BCUT2D eigenvalue weighted by Crippen LogP contribution is -2.49. The Hall–Kier alpha value is -0.120. The SMILES string of the molecule is NCCCC1CCCCC1(N)O. The smallest absolute Gasteiger partial charge is 0.116 e. The molecule has 2 unspecified atom stereocenters. The second-order valence-corrected chi connectivity index (χ2v) is 3.86. The molecule has 1 aliphatic carbocycles. The quantitative estimate of drug-likeness (QED) is 0.545. The highest BCUT2D eigenvalue weighted by Gasteiger charge is 2.34. The Labute approximate surface area is 74.1 Å². The van der Waals surface area contributed by atoms with Gasteiger partial charge in [0.05, 0.1) is 0 Å². The number of aliphatic hydroxyl groups is 1. The van der Waals surface area contributed by atoms with E-state index in [2.05, 4.69) is 0 Å². The van der Waals surface area contributed by atoms with Crippen molar-refractivity contribution in [3.05, 3.63) is 0 Å². The minimum Gasteiger partial charge on any atom is -0.376 e. The van der Waals surface area contributed by atoms with Crippen molar-refractivity contribution in [2.45, 2.75) is 44.2 Å². The highest BCUT2D eigenvalue weighted by Crippen LogP contribution is 2.32. The third kappa shape index (κ3) is 2.44. The predicted octanol–water partition coefficient (Wildman–Crippen LogP) is 0.563. The number of rotatable bonds is 3. The van der Waals surface area contributed by atoms with Crippen LogP contribution in [0.3, 0.4) is 0 Å². The Morgan fingerprint density at radius 2 is 2.17 bits per heavy atom. The molecule has 1 aliphatic rings. The van der Waals surface area contributed by atoms with Crippen molar-refractivity contribution >= 4 is 0 Å². The predicted molar refractivity (Wildman–Crippen MR) is 49.4 cm³/mol. The molecule has 0 spiro atoms. The Balaban J connectivity index is 2.37. The molecule has 0 amide bonds. The third-order valence-corrected chi connectivity index (χ3v) is 2.84. The molecular formula is C9H20N2O. The maximum atomic E-state index is 9.80. The van der Waals surface area contributed by atoms with Crippen molar-refractivity contribution in [1.29, 1.82) is 0 Å². The maximum absolute atomic E-state index is 9.80. The molecule has 3 heteroatoms. The molecule has 5 N–H and O–H groups in total. The van der Waals surface area contributed by atoms with E-state index < -0.39 is 5.72 Å². The van der Waals surface area contributed by atoms with Crippen molar-refractivity contribution in [3.63, 3.8) is 0 Å². The second-order valence-electron chi connectivity index (χ2n) is 3.86. The Bertz CT molecular complexity index is 136. The van der Waals surface area contributed by atoms with Gasteiger partial charge < -0.3 is 16.6 Å². The summed E-state index contributed by atoms with van der Waals surface area (Å²) >= 11 is 0. The Morgan fingerprint density at radius 1 is 1.42 bits per heavy atom. The van der Waals surface area contributed by atoms with Gasteiger partial charge in [-0.15, -0.1) is 0 Å². The second kappa shape index (κ2) is 4.21. The van der Waals surface area contributed by atoms with E-state index in [9.17, 15) is 5.11 Å². The molecule has 12 heavy (non-hydrogen) atoms. The minimum atomic E-state index is -0.909. The van der Waals surface area contributed by atoms with Crippen LogP contribution in [0.5, 0.6) is 0 Å². The zero-order valence-corrected chi connectivity index (χ0v) is 7.63. The first kappa shape index (κ1) is 9.96. The van der Waals surface area contributed by atoms with Gasteiger partial charge in [-0.25, -0.2) is 0 Å². The summed E-state index contributed by atoms with van der Waals surface area (Å²) < 4.78 is 0. The van der Waals surface area contributed by atoms with Crippen LogP contribution in [0.1, 0.15) is 38.5 Å². The maximum Gasteiger partial charge on any atom is 0.116 e.